The van der Waals surface area contributed by atoms with Crippen molar-refractivity contribution in [1.29, 1.82) is 0 Å². The molecule has 2 N–H and O–H groups in total. The Hall–Kier alpha value is -3.08. The van der Waals surface area contributed by atoms with Gasteiger partial charge < -0.3 is 15.0 Å². The van der Waals surface area contributed by atoms with Crippen molar-refractivity contribution in [1.82, 2.24) is 4.57 Å². The highest BCUT2D eigenvalue weighted by molar-refractivity contribution is 6.09. The monoisotopic (exact) mass is 320 g/mol. The van der Waals surface area contributed by atoms with Crippen LogP contribution < -0.4 is 10.9 Å². The molecule has 120 valence electrons. The summed E-state index contributed by atoms with van der Waals surface area (Å²) in [6, 6.07) is 14.4. The highest BCUT2D eigenvalue weighted by atomic mass is 16.3. The minimum atomic E-state index is -0.598. The topological polar surface area (TPSA) is 71.3 Å². The smallest absolute Gasteiger partial charge is 0.268 e. The quantitative estimate of drug-likeness (QED) is 0.762. The van der Waals surface area contributed by atoms with Crippen LogP contribution in [0.4, 0.5) is 5.69 Å². The summed E-state index contributed by atoms with van der Waals surface area (Å²) in [6.07, 6.45) is 0.718. The van der Waals surface area contributed by atoms with Gasteiger partial charge >= 0.3 is 0 Å². The molecule has 2 aromatic carbocycles. The molecular weight excluding hydrogens is 304 g/mol. The molecule has 5 heteroatoms. The standard InChI is InChI=1S/C19H16N2O3/c1-11-10-12-6-5-9-14-16(12)21(11)19(24)15(17(14)22)18(23)20-13-7-3-2-4-8-13/h2-9,11,22H,10H2,1H3,(H,20,23). The molecule has 0 aliphatic carbocycles. The number of pyridine rings is 1. The van der Waals surface area contributed by atoms with Gasteiger partial charge in [0.15, 0.2) is 0 Å². The van der Waals surface area contributed by atoms with Gasteiger partial charge in [-0.3, -0.25) is 9.59 Å². The molecule has 1 aliphatic rings. The lowest BCUT2D eigenvalue weighted by Gasteiger charge is -2.14. The maximum absolute atomic E-state index is 12.9. The van der Waals surface area contributed by atoms with Gasteiger partial charge in [-0.15, -0.1) is 0 Å². The second-order valence-corrected chi connectivity index (χ2v) is 6.09. The van der Waals surface area contributed by atoms with Crippen molar-refractivity contribution in [3.8, 4) is 5.75 Å². The van der Waals surface area contributed by atoms with E-state index in [4.69, 9.17) is 0 Å². The van der Waals surface area contributed by atoms with Crippen LogP contribution in [0.25, 0.3) is 10.9 Å². The third-order valence-electron chi connectivity index (χ3n) is 4.50. The molecule has 1 aromatic heterocycles. The Labute approximate surface area is 138 Å². The molecule has 1 atom stereocenters. The Morgan fingerprint density at radius 3 is 2.67 bits per heavy atom. The van der Waals surface area contributed by atoms with E-state index in [1.54, 1.807) is 34.9 Å². The molecule has 1 amide bonds. The average Bonchev–Trinajstić information content (AvgIpc) is 2.90. The number of carbonyl (C=O) groups excluding carboxylic acids is 1. The summed E-state index contributed by atoms with van der Waals surface area (Å²) < 4.78 is 1.62. The zero-order valence-corrected chi connectivity index (χ0v) is 13.1. The van der Waals surface area contributed by atoms with Crippen LogP contribution in [0.2, 0.25) is 0 Å². The highest BCUT2D eigenvalue weighted by Gasteiger charge is 2.29. The summed E-state index contributed by atoms with van der Waals surface area (Å²) in [4.78, 5) is 25.5. The van der Waals surface area contributed by atoms with Gasteiger partial charge in [-0.25, -0.2) is 0 Å². The van der Waals surface area contributed by atoms with Crippen LogP contribution in [0.3, 0.4) is 0 Å². The van der Waals surface area contributed by atoms with Crippen LogP contribution in [0.1, 0.15) is 28.9 Å². The SMILES string of the molecule is CC1Cc2cccc3c(O)c(C(=O)Nc4ccccc4)c(=O)n1c23. The minimum absolute atomic E-state index is 0.0405. The lowest BCUT2D eigenvalue weighted by molar-refractivity contribution is 0.102. The lowest BCUT2D eigenvalue weighted by Crippen LogP contribution is -2.30. The van der Waals surface area contributed by atoms with E-state index in [9.17, 15) is 14.7 Å². The molecule has 1 unspecified atom stereocenters. The number of carbonyl (C=O) groups is 1. The molecule has 1 aliphatic heterocycles. The van der Waals surface area contributed by atoms with E-state index < -0.39 is 11.5 Å². The fourth-order valence-corrected chi connectivity index (χ4v) is 3.44. The maximum atomic E-state index is 12.9. The van der Waals surface area contributed by atoms with Crippen molar-refractivity contribution in [3.05, 3.63) is 70.0 Å². The summed E-state index contributed by atoms with van der Waals surface area (Å²) in [5.74, 6) is -0.852. The summed E-state index contributed by atoms with van der Waals surface area (Å²) >= 11 is 0. The van der Waals surface area contributed by atoms with E-state index in [2.05, 4.69) is 5.32 Å². The van der Waals surface area contributed by atoms with Crippen LogP contribution >= 0.6 is 0 Å². The lowest BCUT2D eigenvalue weighted by atomic mass is 10.1. The van der Waals surface area contributed by atoms with Gasteiger partial charge in [0.05, 0.1) is 5.52 Å². The number of benzene rings is 2. The van der Waals surface area contributed by atoms with Gasteiger partial charge in [0.25, 0.3) is 11.5 Å². The molecule has 5 nitrogen and oxygen atoms in total. The Balaban J connectivity index is 1.92. The van der Waals surface area contributed by atoms with Gasteiger partial charge in [0.2, 0.25) is 0 Å². The number of aromatic hydroxyl groups is 1. The Morgan fingerprint density at radius 1 is 1.17 bits per heavy atom. The molecule has 0 radical (unpaired) electrons. The van der Waals surface area contributed by atoms with Gasteiger partial charge in [0.1, 0.15) is 11.3 Å². The van der Waals surface area contributed by atoms with Crippen LogP contribution in [-0.4, -0.2) is 15.6 Å². The predicted octanol–water partition coefficient (Wildman–Crippen LogP) is 3.08. The Morgan fingerprint density at radius 2 is 1.92 bits per heavy atom. The number of hydrogen-bond donors (Lipinski definition) is 2. The number of anilines is 1. The number of aromatic nitrogens is 1. The van der Waals surface area contributed by atoms with Gasteiger partial charge in [-0.2, -0.15) is 0 Å². The number of para-hydroxylation sites is 2. The summed E-state index contributed by atoms with van der Waals surface area (Å²) in [5, 5.41) is 13.8. The normalized spacial score (nSPS) is 15.6. The van der Waals surface area contributed by atoms with E-state index in [1.165, 1.54) is 0 Å². The third kappa shape index (κ3) is 2.01. The van der Waals surface area contributed by atoms with Crippen LogP contribution in [0.15, 0.2) is 53.3 Å². The first kappa shape index (κ1) is 14.5. The summed E-state index contributed by atoms with van der Waals surface area (Å²) in [6.45, 7) is 1.94. The molecule has 2 heterocycles. The fourth-order valence-electron chi connectivity index (χ4n) is 3.44. The summed E-state index contributed by atoms with van der Waals surface area (Å²) in [7, 11) is 0. The number of rotatable bonds is 2. The van der Waals surface area contributed by atoms with E-state index in [0.29, 0.717) is 11.1 Å². The number of hydrogen-bond acceptors (Lipinski definition) is 3. The van der Waals surface area contributed by atoms with Crippen molar-refractivity contribution >= 4 is 22.5 Å². The Kier molecular flexibility index (Phi) is 3.16. The molecule has 4 rings (SSSR count). The molecule has 0 saturated heterocycles. The van der Waals surface area contributed by atoms with Crippen molar-refractivity contribution < 1.29 is 9.90 Å². The number of nitrogens with one attached hydrogen (secondary N) is 1. The average molecular weight is 320 g/mol. The molecular formula is C19H16N2O3. The number of nitrogens with zero attached hydrogens (tertiary/aromatic N) is 1. The van der Waals surface area contributed by atoms with Crippen molar-refractivity contribution in [2.45, 2.75) is 19.4 Å². The van der Waals surface area contributed by atoms with Gasteiger partial charge in [-0.05, 0) is 37.1 Å². The molecule has 0 saturated carbocycles. The highest BCUT2D eigenvalue weighted by Crippen LogP contribution is 2.36. The van der Waals surface area contributed by atoms with E-state index in [1.807, 2.05) is 25.1 Å². The molecule has 24 heavy (non-hydrogen) atoms. The van der Waals surface area contributed by atoms with E-state index in [-0.39, 0.29) is 17.4 Å². The molecule has 0 fully saturated rings. The Bertz CT molecular complexity index is 1020. The second kappa shape index (κ2) is 5.23. The zero-order valence-electron chi connectivity index (χ0n) is 13.1. The van der Waals surface area contributed by atoms with Gasteiger partial charge in [-0.1, -0.05) is 30.3 Å². The third-order valence-corrected chi connectivity index (χ3v) is 4.50. The maximum Gasteiger partial charge on any atom is 0.268 e. The van der Waals surface area contributed by atoms with Crippen molar-refractivity contribution in [2.75, 3.05) is 5.32 Å². The van der Waals surface area contributed by atoms with Crippen molar-refractivity contribution in [3.63, 3.8) is 0 Å². The first-order chi connectivity index (χ1) is 11.6. The van der Waals surface area contributed by atoms with Gasteiger partial charge in [0, 0.05) is 17.1 Å². The molecule has 0 bridgehead atoms. The van der Waals surface area contributed by atoms with Crippen LogP contribution in [-0.2, 0) is 6.42 Å². The number of amides is 1. The van der Waals surface area contributed by atoms with E-state index in [0.717, 1.165) is 17.5 Å². The zero-order chi connectivity index (χ0) is 16.8. The predicted molar refractivity (Wildman–Crippen MR) is 92.7 cm³/mol. The molecule has 3 aromatic rings. The minimum Gasteiger partial charge on any atom is -0.506 e. The fraction of sp³-hybridized carbons (Fsp3) is 0.158. The van der Waals surface area contributed by atoms with Crippen molar-refractivity contribution in [2.24, 2.45) is 0 Å². The second-order valence-electron chi connectivity index (χ2n) is 6.09. The molecule has 0 spiro atoms. The largest absolute Gasteiger partial charge is 0.506 e. The van der Waals surface area contributed by atoms with Crippen LogP contribution in [0, 0.1) is 0 Å². The summed E-state index contributed by atoms with van der Waals surface area (Å²) in [5.41, 5.74) is 1.65. The van der Waals surface area contributed by atoms with E-state index >= 15 is 0 Å². The first-order valence-electron chi connectivity index (χ1n) is 7.83. The van der Waals surface area contributed by atoms with Crippen LogP contribution in [0.5, 0.6) is 5.75 Å². The first-order valence-corrected chi connectivity index (χ1v) is 7.83.